The molecule has 21 heavy (non-hydrogen) atoms. The molecule has 0 saturated carbocycles. The van der Waals surface area contributed by atoms with Crippen LogP contribution in [-0.2, 0) is 11.3 Å². The first-order chi connectivity index (χ1) is 10.2. The Hall–Kier alpha value is -2.14. The van der Waals surface area contributed by atoms with Crippen molar-refractivity contribution in [3.63, 3.8) is 0 Å². The van der Waals surface area contributed by atoms with Crippen molar-refractivity contribution in [2.24, 2.45) is 0 Å². The first-order valence-corrected chi connectivity index (χ1v) is 7.25. The highest BCUT2D eigenvalue weighted by molar-refractivity contribution is 5.82. The van der Waals surface area contributed by atoms with Gasteiger partial charge in [0.2, 0.25) is 5.91 Å². The second-order valence-electron chi connectivity index (χ2n) is 5.47. The molecule has 1 aliphatic heterocycles. The average molecular weight is 285 g/mol. The van der Waals surface area contributed by atoms with E-state index in [-0.39, 0.29) is 23.9 Å². The highest BCUT2D eigenvalue weighted by Gasteiger charge is 2.23. The number of nitrogens with zero attached hydrogens (tertiary/aromatic N) is 2. The number of aromatic nitrogens is 1. The van der Waals surface area contributed by atoms with Crippen LogP contribution in [0.4, 0.5) is 0 Å². The maximum Gasteiger partial charge on any atom is 0.242 e. The second-order valence-corrected chi connectivity index (χ2v) is 5.47. The van der Waals surface area contributed by atoms with Gasteiger partial charge in [0.1, 0.15) is 6.54 Å². The standard InChI is InChI=1S/C16H19N3O2/c1-12-10-17-7-9-19(12)16(21)11-18-8-6-15(20)13-4-2-3-5-14(13)18/h2-6,8,12,17H,7,9-11H2,1H3. The van der Waals surface area contributed by atoms with E-state index in [2.05, 4.69) is 5.32 Å². The normalized spacial score (nSPS) is 18.9. The van der Waals surface area contributed by atoms with E-state index in [0.717, 1.165) is 25.2 Å². The number of carbonyl (C=O) groups is 1. The predicted molar refractivity (Wildman–Crippen MR) is 82.3 cm³/mol. The summed E-state index contributed by atoms with van der Waals surface area (Å²) in [6, 6.07) is 9.13. The number of carbonyl (C=O) groups excluding carboxylic acids is 1. The van der Waals surface area contributed by atoms with Crippen molar-refractivity contribution in [1.82, 2.24) is 14.8 Å². The Bertz CT molecular complexity index is 723. The summed E-state index contributed by atoms with van der Waals surface area (Å²) >= 11 is 0. The van der Waals surface area contributed by atoms with E-state index in [0.29, 0.717) is 5.39 Å². The van der Waals surface area contributed by atoms with Gasteiger partial charge in [-0.1, -0.05) is 12.1 Å². The molecule has 5 heteroatoms. The van der Waals surface area contributed by atoms with Gasteiger partial charge < -0.3 is 14.8 Å². The van der Waals surface area contributed by atoms with Crippen molar-refractivity contribution < 1.29 is 4.79 Å². The van der Waals surface area contributed by atoms with E-state index in [4.69, 9.17) is 0 Å². The van der Waals surface area contributed by atoms with E-state index in [1.165, 1.54) is 6.07 Å². The number of piperazine rings is 1. The smallest absolute Gasteiger partial charge is 0.242 e. The van der Waals surface area contributed by atoms with Gasteiger partial charge in [-0.2, -0.15) is 0 Å². The fourth-order valence-corrected chi connectivity index (χ4v) is 2.85. The zero-order valence-electron chi connectivity index (χ0n) is 12.1. The largest absolute Gasteiger partial charge is 0.338 e. The van der Waals surface area contributed by atoms with Crippen molar-refractivity contribution in [1.29, 1.82) is 0 Å². The summed E-state index contributed by atoms with van der Waals surface area (Å²) in [4.78, 5) is 26.3. The minimum Gasteiger partial charge on any atom is -0.338 e. The molecule has 1 unspecified atom stereocenters. The van der Waals surface area contributed by atoms with Gasteiger partial charge in [0.05, 0.1) is 5.52 Å². The van der Waals surface area contributed by atoms with E-state index in [1.807, 2.05) is 34.6 Å². The van der Waals surface area contributed by atoms with Gasteiger partial charge in [-0.25, -0.2) is 0 Å². The third kappa shape index (κ3) is 2.69. The molecule has 1 amide bonds. The third-order valence-corrected chi connectivity index (χ3v) is 4.01. The van der Waals surface area contributed by atoms with Crippen molar-refractivity contribution >= 4 is 16.8 Å². The Balaban J connectivity index is 1.90. The molecular weight excluding hydrogens is 266 g/mol. The minimum atomic E-state index is -0.00941. The van der Waals surface area contributed by atoms with Crippen LogP contribution < -0.4 is 10.7 Å². The van der Waals surface area contributed by atoms with Crippen molar-refractivity contribution in [2.45, 2.75) is 19.5 Å². The molecule has 1 aromatic heterocycles. The van der Waals surface area contributed by atoms with E-state index in [1.54, 1.807) is 12.3 Å². The predicted octanol–water partition coefficient (Wildman–Crippen LogP) is 0.822. The van der Waals surface area contributed by atoms with E-state index < -0.39 is 0 Å². The van der Waals surface area contributed by atoms with Gasteiger partial charge >= 0.3 is 0 Å². The molecule has 1 saturated heterocycles. The molecule has 5 nitrogen and oxygen atoms in total. The molecule has 0 bridgehead atoms. The van der Waals surface area contributed by atoms with E-state index >= 15 is 0 Å². The van der Waals surface area contributed by atoms with Crippen LogP contribution in [0.25, 0.3) is 10.9 Å². The quantitative estimate of drug-likeness (QED) is 0.889. The Labute approximate surface area is 123 Å². The van der Waals surface area contributed by atoms with Crippen LogP contribution in [0.2, 0.25) is 0 Å². The SMILES string of the molecule is CC1CNCCN1C(=O)Cn1ccc(=O)c2ccccc21. The number of hydrogen-bond acceptors (Lipinski definition) is 3. The van der Waals surface area contributed by atoms with Gasteiger partial charge in [0.25, 0.3) is 0 Å². The number of para-hydroxylation sites is 1. The number of amides is 1. The zero-order chi connectivity index (χ0) is 14.8. The molecule has 1 aliphatic rings. The first kappa shape index (κ1) is 13.8. The molecule has 1 fully saturated rings. The Morgan fingerprint density at radius 3 is 2.95 bits per heavy atom. The summed E-state index contributed by atoms with van der Waals surface area (Å²) in [6.45, 7) is 4.72. The molecule has 0 aliphatic carbocycles. The van der Waals surface area contributed by atoms with E-state index in [9.17, 15) is 9.59 Å². The maximum absolute atomic E-state index is 12.5. The molecule has 2 heterocycles. The van der Waals surface area contributed by atoms with Crippen LogP contribution in [0.15, 0.2) is 41.3 Å². The highest BCUT2D eigenvalue weighted by Crippen LogP contribution is 2.11. The summed E-state index contributed by atoms with van der Waals surface area (Å²) < 4.78 is 1.85. The monoisotopic (exact) mass is 285 g/mol. The summed E-state index contributed by atoms with van der Waals surface area (Å²) in [6.07, 6.45) is 1.70. The molecule has 110 valence electrons. The fraction of sp³-hybridized carbons (Fsp3) is 0.375. The summed E-state index contributed by atoms with van der Waals surface area (Å²) in [7, 11) is 0. The van der Waals surface area contributed by atoms with Crippen LogP contribution in [0, 0.1) is 0 Å². The molecule has 1 atom stereocenters. The number of rotatable bonds is 2. The van der Waals surface area contributed by atoms with Crippen molar-refractivity contribution in [2.75, 3.05) is 19.6 Å². The molecule has 0 spiro atoms. The first-order valence-electron chi connectivity index (χ1n) is 7.25. The summed E-state index contributed by atoms with van der Waals surface area (Å²) in [5.74, 6) is 0.0952. The maximum atomic E-state index is 12.5. The minimum absolute atomic E-state index is 0.00941. The van der Waals surface area contributed by atoms with Crippen LogP contribution >= 0.6 is 0 Å². The Morgan fingerprint density at radius 1 is 1.33 bits per heavy atom. The number of hydrogen-bond donors (Lipinski definition) is 1. The average Bonchev–Trinajstić information content (AvgIpc) is 2.51. The van der Waals surface area contributed by atoms with Gasteiger partial charge in [-0.3, -0.25) is 9.59 Å². The summed E-state index contributed by atoms with van der Waals surface area (Å²) in [5, 5.41) is 3.93. The number of fused-ring (bicyclic) bond motifs is 1. The zero-order valence-corrected chi connectivity index (χ0v) is 12.1. The second kappa shape index (κ2) is 5.69. The lowest BCUT2D eigenvalue weighted by Gasteiger charge is -2.34. The highest BCUT2D eigenvalue weighted by atomic mass is 16.2. The molecular formula is C16H19N3O2. The molecule has 1 N–H and O–H groups in total. The van der Waals surface area contributed by atoms with Crippen molar-refractivity contribution in [3.8, 4) is 0 Å². The Morgan fingerprint density at radius 2 is 2.14 bits per heavy atom. The van der Waals surface area contributed by atoms with Crippen LogP contribution in [-0.4, -0.2) is 41.1 Å². The lowest BCUT2D eigenvalue weighted by Crippen LogP contribution is -2.53. The van der Waals surface area contributed by atoms with Gasteiger partial charge in [0.15, 0.2) is 5.43 Å². The summed E-state index contributed by atoms with van der Waals surface area (Å²) in [5.41, 5.74) is 0.797. The fourth-order valence-electron chi connectivity index (χ4n) is 2.85. The number of nitrogens with one attached hydrogen (secondary N) is 1. The van der Waals surface area contributed by atoms with Gasteiger partial charge in [-0.15, -0.1) is 0 Å². The molecule has 1 aromatic carbocycles. The van der Waals surface area contributed by atoms with Crippen LogP contribution in [0.5, 0.6) is 0 Å². The Kier molecular flexibility index (Phi) is 3.75. The third-order valence-electron chi connectivity index (χ3n) is 4.01. The van der Waals surface area contributed by atoms with Gasteiger partial charge in [0, 0.05) is 43.3 Å². The van der Waals surface area contributed by atoms with Crippen LogP contribution in [0.3, 0.4) is 0 Å². The molecule has 3 rings (SSSR count). The van der Waals surface area contributed by atoms with Crippen LogP contribution in [0.1, 0.15) is 6.92 Å². The van der Waals surface area contributed by atoms with Gasteiger partial charge in [-0.05, 0) is 19.1 Å². The topological polar surface area (TPSA) is 54.3 Å². The lowest BCUT2D eigenvalue weighted by atomic mass is 10.2. The van der Waals surface area contributed by atoms with Crippen molar-refractivity contribution in [3.05, 3.63) is 46.8 Å². The lowest BCUT2D eigenvalue weighted by molar-refractivity contribution is -0.134. The number of pyridine rings is 1. The molecule has 0 radical (unpaired) electrons. The molecule has 2 aromatic rings. The number of benzene rings is 1.